The maximum Gasteiger partial charge on any atom is 0.164 e. The van der Waals surface area contributed by atoms with Gasteiger partial charge < -0.3 is 0 Å². The van der Waals surface area contributed by atoms with Gasteiger partial charge >= 0.3 is 0 Å². The van der Waals surface area contributed by atoms with Crippen LogP contribution in [0.3, 0.4) is 0 Å². The first-order chi connectivity index (χ1) is 30.7. The maximum atomic E-state index is 5.33. The zero-order valence-electron chi connectivity index (χ0n) is 33.6. The summed E-state index contributed by atoms with van der Waals surface area (Å²) in [5.41, 5.74) is 10.2. The molecule has 0 aliphatic carbocycles. The maximum absolute atomic E-state index is 5.33. The Morgan fingerprint density at radius 3 is 1.34 bits per heavy atom. The summed E-state index contributed by atoms with van der Waals surface area (Å²) < 4.78 is 0. The number of rotatable bonds is 6. The van der Waals surface area contributed by atoms with Crippen LogP contribution in [0.2, 0.25) is 0 Å². The average molecular weight is 789 g/mol. The molecule has 2 aromatic heterocycles. The molecule has 4 heteroatoms. The van der Waals surface area contributed by atoms with Gasteiger partial charge in [-0.15, -0.1) is 0 Å². The van der Waals surface area contributed by atoms with E-state index in [1.54, 1.807) is 0 Å². The quantitative estimate of drug-likeness (QED) is 0.158. The zero-order valence-corrected chi connectivity index (χ0v) is 33.6. The van der Waals surface area contributed by atoms with Gasteiger partial charge in [-0.05, 0) is 90.3 Å². The number of benzene rings is 10. The molecule has 62 heavy (non-hydrogen) atoms. The number of hydrogen-bond donors (Lipinski definition) is 0. The summed E-state index contributed by atoms with van der Waals surface area (Å²) in [7, 11) is 0. The van der Waals surface area contributed by atoms with Crippen LogP contribution >= 0.6 is 0 Å². The Hall–Kier alpha value is -8.34. The molecule has 0 unspecified atom stereocenters. The Labute approximate surface area is 358 Å². The minimum Gasteiger partial charge on any atom is -0.247 e. The van der Waals surface area contributed by atoms with Gasteiger partial charge in [0.2, 0.25) is 0 Å². The SMILES string of the molecule is c1ccc(-c2nc(-c3ccccc3)nc(-c3cc(-c4cccc5c(-c6nc7ccccc7c7ccccc67)cccc45)cc(-c4cc5ccccc5c5ccccc45)c3)n2)cc1. The van der Waals surface area contributed by atoms with Crippen molar-refractivity contribution in [2.75, 3.05) is 0 Å². The van der Waals surface area contributed by atoms with Crippen molar-refractivity contribution in [3.05, 3.63) is 218 Å². The van der Waals surface area contributed by atoms with E-state index in [0.29, 0.717) is 17.5 Å². The number of fused-ring (bicyclic) bond motifs is 7. The fourth-order valence-corrected chi connectivity index (χ4v) is 9.18. The lowest BCUT2D eigenvalue weighted by atomic mass is 9.88. The van der Waals surface area contributed by atoms with Crippen molar-refractivity contribution < 1.29 is 0 Å². The minimum absolute atomic E-state index is 0.610. The number of hydrogen-bond acceptors (Lipinski definition) is 4. The predicted octanol–water partition coefficient (Wildman–Crippen LogP) is 15.0. The van der Waals surface area contributed by atoms with Crippen molar-refractivity contribution in [2.45, 2.75) is 0 Å². The second-order valence-corrected chi connectivity index (χ2v) is 15.8. The molecule has 0 atom stereocenters. The van der Waals surface area contributed by atoms with E-state index in [1.807, 2.05) is 36.4 Å². The molecule has 0 N–H and O–H groups in total. The van der Waals surface area contributed by atoms with Crippen molar-refractivity contribution >= 4 is 54.0 Å². The molecule has 288 valence electrons. The molecular weight excluding hydrogens is 753 g/mol. The number of aromatic nitrogens is 4. The number of pyridine rings is 1. The summed E-state index contributed by atoms with van der Waals surface area (Å²) in [6, 6.07) is 77.2. The van der Waals surface area contributed by atoms with Crippen molar-refractivity contribution in [3.63, 3.8) is 0 Å². The van der Waals surface area contributed by atoms with Crippen LogP contribution in [0.1, 0.15) is 0 Å². The van der Waals surface area contributed by atoms with Crippen LogP contribution in [0, 0.1) is 0 Å². The van der Waals surface area contributed by atoms with Gasteiger partial charge in [0, 0.05) is 33.0 Å². The van der Waals surface area contributed by atoms with Crippen LogP contribution in [0.15, 0.2) is 218 Å². The first-order valence-corrected chi connectivity index (χ1v) is 21.0. The topological polar surface area (TPSA) is 51.6 Å². The highest BCUT2D eigenvalue weighted by Crippen LogP contribution is 2.42. The Balaban J connectivity index is 1.13. The third-order valence-electron chi connectivity index (χ3n) is 12.1. The van der Waals surface area contributed by atoms with Crippen molar-refractivity contribution in [2.24, 2.45) is 0 Å². The first-order valence-electron chi connectivity index (χ1n) is 21.0. The second-order valence-electron chi connectivity index (χ2n) is 15.8. The van der Waals surface area contributed by atoms with Gasteiger partial charge in [-0.1, -0.05) is 188 Å². The van der Waals surface area contributed by atoms with E-state index < -0.39 is 0 Å². The lowest BCUT2D eigenvalue weighted by Gasteiger charge is -2.17. The van der Waals surface area contributed by atoms with E-state index in [2.05, 4.69) is 182 Å². The molecule has 12 rings (SSSR count). The molecule has 0 aliphatic heterocycles. The molecule has 10 aromatic carbocycles. The normalized spacial score (nSPS) is 11.5. The fourth-order valence-electron chi connectivity index (χ4n) is 9.18. The molecule has 0 saturated heterocycles. The number of nitrogens with zero attached hydrogens (tertiary/aromatic N) is 4. The van der Waals surface area contributed by atoms with E-state index >= 15 is 0 Å². The lowest BCUT2D eigenvalue weighted by Crippen LogP contribution is -2.00. The van der Waals surface area contributed by atoms with Gasteiger partial charge in [0.05, 0.1) is 11.2 Å². The van der Waals surface area contributed by atoms with E-state index in [0.717, 1.165) is 77.3 Å². The van der Waals surface area contributed by atoms with E-state index in [1.165, 1.54) is 26.9 Å². The molecule has 0 bridgehead atoms. The van der Waals surface area contributed by atoms with Gasteiger partial charge in [0.1, 0.15) is 0 Å². The highest BCUT2D eigenvalue weighted by atomic mass is 15.0. The van der Waals surface area contributed by atoms with Crippen molar-refractivity contribution in [3.8, 4) is 67.7 Å². The Bertz CT molecular complexity index is 3630. The molecule has 12 aromatic rings. The molecule has 0 spiro atoms. The smallest absolute Gasteiger partial charge is 0.164 e. The van der Waals surface area contributed by atoms with Gasteiger partial charge in [-0.3, -0.25) is 0 Å². The van der Waals surface area contributed by atoms with Gasteiger partial charge in [-0.2, -0.15) is 0 Å². The van der Waals surface area contributed by atoms with Crippen LogP contribution < -0.4 is 0 Å². The van der Waals surface area contributed by atoms with Crippen molar-refractivity contribution in [1.29, 1.82) is 0 Å². The molecule has 0 aliphatic rings. The Morgan fingerprint density at radius 1 is 0.226 bits per heavy atom. The first kappa shape index (κ1) is 35.6. The molecule has 0 fully saturated rings. The van der Waals surface area contributed by atoms with Crippen LogP contribution in [0.25, 0.3) is 122 Å². The highest BCUT2D eigenvalue weighted by Gasteiger charge is 2.19. The molecular formula is C58H36N4. The summed E-state index contributed by atoms with van der Waals surface area (Å²) in [5, 5.41) is 10.6. The third kappa shape index (κ3) is 6.08. The summed E-state index contributed by atoms with van der Waals surface area (Å²) in [4.78, 5) is 20.8. The van der Waals surface area contributed by atoms with Crippen LogP contribution in [-0.2, 0) is 0 Å². The van der Waals surface area contributed by atoms with Crippen LogP contribution in [-0.4, -0.2) is 19.9 Å². The van der Waals surface area contributed by atoms with Crippen molar-refractivity contribution in [1.82, 2.24) is 19.9 Å². The van der Waals surface area contributed by atoms with E-state index in [-0.39, 0.29) is 0 Å². The van der Waals surface area contributed by atoms with E-state index in [9.17, 15) is 0 Å². The molecule has 4 nitrogen and oxygen atoms in total. The Kier molecular flexibility index (Phi) is 8.46. The number of para-hydroxylation sites is 1. The molecule has 0 saturated carbocycles. The molecule has 0 amide bonds. The zero-order chi connectivity index (χ0) is 41.0. The fraction of sp³-hybridized carbons (Fsp3) is 0. The summed E-state index contributed by atoms with van der Waals surface area (Å²) in [5.74, 6) is 1.86. The van der Waals surface area contributed by atoms with Crippen LogP contribution in [0.4, 0.5) is 0 Å². The standard InChI is InChI=1S/C58H36N4/c1-3-17-37(18-4-1)56-60-57(38-19-5-2-6-20-38)62-58(61-56)42-34-40(33-41(35-42)53-36-39-21-7-8-22-43(39)45-23-9-10-24-48(45)53)44-28-15-30-47-46(44)29-16-31-52(47)55-51-27-12-11-25-49(51)50-26-13-14-32-54(50)59-55/h1-36H. The highest BCUT2D eigenvalue weighted by molar-refractivity contribution is 6.16. The van der Waals surface area contributed by atoms with Gasteiger partial charge in [0.15, 0.2) is 17.5 Å². The summed E-state index contributed by atoms with van der Waals surface area (Å²) in [6.45, 7) is 0. The minimum atomic E-state index is 0.610. The summed E-state index contributed by atoms with van der Waals surface area (Å²) >= 11 is 0. The lowest BCUT2D eigenvalue weighted by molar-refractivity contribution is 1.07. The van der Waals surface area contributed by atoms with Crippen LogP contribution in [0.5, 0.6) is 0 Å². The summed E-state index contributed by atoms with van der Waals surface area (Å²) in [6.07, 6.45) is 0. The monoisotopic (exact) mass is 788 g/mol. The second kappa shape index (κ2) is 14.7. The Morgan fingerprint density at radius 2 is 0.661 bits per heavy atom. The predicted molar refractivity (Wildman–Crippen MR) is 258 cm³/mol. The largest absolute Gasteiger partial charge is 0.247 e. The van der Waals surface area contributed by atoms with Gasteiger partial charge in [-0.25, -0.2) is 19.9 Å². The molecule has 2 heterocycles. The van der Waals surface area contributed by atoms with Gasteiger partial charge in [0.25, 0.3) is 0 Å². The average Bonchev–Trinajstić information content (AvgIpc) is 3.35. The van der Waals surface area contributed by atoms with E-state index in [4.69, 9.17) is 19.9 Å². The third-order valence-corrected chi connectivity index (χ3v) is 12.1. The molecule has 0 radical (unpaired) electrons.